The molecule has 0 saturated heterocycles. The Kier molecular flexibility index (Phi) is 2.35. The Bertz CT molecular complexity index is 3920. The minimum atomic E-state index is -0.885. The van der Waals surface area contributed by atoms with Crippen LogP contribution in [-0.4, -0.2) is 13.7 Å². The predicted molar refractivity (Wildman–Crippen MR) is 189 cm³/mol. The zero-order valence-electron chi connectivity index (χ0n) is 44.7. The van der Waals surface area contributed by atoms with Crippen LogP contribution in [0.3, 0.4) is 0 Å². The van der Waals surface area contributed by atoms with Crippen LogP contribution < -0.4 is 0 Å². The molecule has 210 valence electrons. The van der Waals surface area contributed by atoms with Crippen molar-refractivity contribution in [1.29, 1.82) is 0 Å². The molecule has 0 spiro atoms. The van der Waals surface area contributed by atoms with Crippen LogP contribution in [0.2, 0.25) is 0 Å². The maximum absolute atomic E-state index is 10.0. The molecule has 0 fully saturated rings. The Morgan fingerprint density at radius 2 is 0.644 bits per heavy atom. The maximum atomic E-state index is 10.0. The van der Waals surface area contributed by atoms with Gasteiger partial charge in [0.2, 0.25) is 0 Å². The standard InChI is InChI=1S/C42H27N3/c1-2-12-28(13-3-1)43-37-18-8-6-16-33(37)35-25-23-30(27-41(35)43)45-40-21-11-7-17-34(40)36-24-22-29(26-42(36)45)44-38-19-9-4-14-31(38)32-15-5-10-20-39(32)44/h1-27H/i4D,5D,6D,7D,8D,9D,10D,11D,14D,15D,16D,17D,18D,19D,20D,21D,22D,23D,24D,25D,26D,27D. The summed E-state index contributed by atoms with van der Waals surface area (Å²) in [5.41, 5.74) is -3.59. The molecule has 7 aromatic carbocycles. The fourth-order valence-electron chi connectivity index (χ4n) is 5.93. The second kappa shape index (κ2) is 9.22. The lowest BCUT2D eigenvalue weighted by atomic mass is 10.1. The van der Waals surface area contributed by atoms with E-state index in [0.29, 0.717) is 0 Å². The van der Waals surface area contributed by atoms with Crippen LogP contribution >= 0.6 is 0 Å². The fraction of sp³-hybridized carbons (Fsp3) is 0. The average molecular weight is 596 g/mol. The highest BCUT2D eigenvalue weighted by Crippen LogP contribution is 2.39. The first-order chi connectivity index (χ1) is 31.5. The summed E-state index contributed by atoms with van der Waals surface area (Å²) in [6.07, 6.45) is 0. The first kappa shape index (κ1) is 11.5. The third kappa shape index (κ3) is 3.41. The van der Waals surface area contributed by atoms with Crippen molar-refractivity contribution in [2.24, 2.45) is 0 Å². The van der Waals surface area contributed by atoms with Crippen molar-refractivity contribution in [1.82, 2.24) is 13.7 Å². The van der Waals surface area contributed by atoms with Crippen molar-refractivity contribution in [3.8, 4) is 17.1 Å². The molecule has 0 unspecified atom stereocenters. The summed E-state index contributed by atoms with van der Waals surface area (Å²) in [6.45, 7) is 0. The first-order valence-electron chi connectivity index (χ1n) is 24.7. The van der Waals surface area contributed by atoms with E-state index in [4.69, 9.17) is 20.6 Å². The molecule has 0 aliphatic heterocycles. The number of para-hydroxylation sites is 5. The van der Waals surface area contributed by atoms with Gasteiger partial charge in [-0.3, -0.25) is 0 Å². The first-order valence-corrected chi connectivity index (χ1v) is 13.7. The molecule has 3 heteroatoms. The van der Waals surface area contributed by atoms with Gasteiger partial charge in [-0.15, -0.1) is 0 Å². The number of hydrogen-bond donors (Lipinski definition) is 0. The van der Waals surface area contributed by atoms with E-state index in [1.54, 1.807) is 30.3 Å². The van der Waals surface area contributed by atoms with E-state index in [1.165, 1.54) is 4.57 Å². The van der Waals surface area contributed by atoms with E-state index < -0.39 is 188 Å². The Balaban J connectivity index is 1.52. The van der Waals surface area contributed by atoms with Gasteiger partial charge in [0.05, 0.1) is 63.3 Å². The smallest absolute Gasteiger partial charge is 0.0667 e. The number of nitrogens with zero attached hydrogens (tertiary/aromatic N) is 3. The number of fused-ring (bicyclic) bond motifs is 9. The molecule has 0 amide bonds. The van der Waals surface area contributed by atoms with Crippen LogP contribution in [-0.2, 0) is 0 Å². The van der Waals surface area contributed by atoms with E-state index in [2.05, 4.69) is 0 Å². The molecular weight excluding hydrogens is 546 g/mol. The molecule has 0 saturated carbocycles. The fourth-order valence-corrected chi connectivity index (χ4v) is 5.93. The summed E-state index contributed by atoms with van der Waals surface area (Å²) in [7, 11) is 0. The van der Waals surface area contributed by atoms with Crippen LogP contribution in [0, 0.1) is 0 Å². The lowest BCUT2D eigenvalue weighted by Gasteiger charge is -2.12. The van der Waals surface area contributed by atoms with Crippen LogP contribution in [0.4, 0.5) is 0 Å². The van der Waals surface area contributed by atoms with Gasteiger partial charge in [0.25, 0.3) is 0 Å². The van der Waals surface area contributed by atoms with E-state index in [-0.39, 0.29) is 27.5 Å². The number of aromatic nitrogens is 3. The van der Waals surface area contributed by atoms with Crippen molar-refractivity contribution in [3.63, 3.8) is 0 Å². The van der Waals surface area contributed by atoms with Crippen LogP contribution in [0.15, 0.2) is 163 Å². The van der Waals surface area contributed by atoms with Crippen LogP contribution in [0.25, 0.3) is 82.5 Å². The van der Waals surface area contributed by atoms with Crippen molar-refractivity contribution in [2.45, 2.75) is 0 Å². The van der Waals surface area contributed by atoms with Gasteiger partial charge >= 0.3 is 0 Å². The van der Waals surface area contributed by atoms with E-state index in [9.17, 15) is 9.60 Å². The van der Waals surface area contributed by atoms with Gasteiger partial charge in [-0.1, -0.05) is 103 Å². The molecular formula is C42H27N3. The van der Waals surface area contributed by atoms with Gasteiger partial charge in [-0.05, 0) is 60.5 Å². The Labute approximate surface area is 290 Å². The van der Waals surface area contributed by atoms with Crippen molar-refractivity contribution in [2.75, 3.05) is 0 Å². The van der Waals surface area contributed by atoms with E-state index in [0.717, 1.165) is 9.13 Å². The summed E-state index contributed by atoms with van der Waals surface area (Å²) in [5.74, 6) is 0. The third-order valence-corrected chi connectivity index (χ3v) is 7.78. The van der Waals surface area contributed by atoms with E-state index >= 15 is 0 Å². The molecule has 10 aromatic rings. The third-order valence-electron chi connectivity index (χ3n) is 7.78. The molecule has 0 atom stereocenters. The van der Waals surface area contributed by atoms with Crippen LogP contribution in [0.5, 0.6) is 0 Å². The van der Waals surface area contributed by atoms with E-state index in [1.807, 2.05) is 0 Å². The second-order valence-corrected chi connectivity index (χ2v) is 10.1. The molecule has 3 heterocycles. The monoisotopic (exact) mass is 595 g/mol. The number of rotatable bonds is 3. The minimum Gasteiger partial charge on any atom is -0.309 e. The lowest BCUT2D eigenvalue weighted by Crippen LogP contribution is -1.98. The van der Waals surface area contributed by atoms with Gasteiger partial charge in [-0.25, -0.2) is 0 Å². The normalized spacial score (nSPS) is 18.8. The zero-order valence-corrected chi connectivity index (χ0v) is 22.7. The van der Waals surface area contributed by atoms with Crippen molar-refractivity contribution in [3.05, 3.63) is 163 Å². The predicted octanol–water partition coefficient (Wildman–Crippen LogP) is 11.0. The number of hydrogen-bond acceptors (Lipinski definition) is 0. The molecule has 0 bridgehead atoms. The molecule has 0 aliphatic rings. The lowest BCUT2D eigenvalue weighted by molar-refractivity contribution is 1.14. The summed E-state index contributed by atoms with van der Waals surface area (Å²) >= 11 is 0. The largest absolute Gasteiger partial charge is 0.309 e. The Morgan fingerprint density at radius 3 is 1.07 bits per heavy atom. The SMILES string of the molecule is [2H]c1c([2H])c([2H])c2c(c1[2H])c1c([2H])c([2H])c(-n3c4c([2H])c([2H])c([2H])c([2H])c4c4c([2H])c([2H])c(-n5c6c([2H])c([2H])c([2H])c([2H])c6c6c([2H])c([2H])c([2H])c([2H])c65)c([2H])c43)c([2H])c1n2-c1ccccc1. The molecule has 10 rings (SSSR count). The molecule has 45 heavy (non-hydrogen) atoms. The minimum absolute atomic E-state index is 0.161. The van der Waals surface area contributed by atoms with Crippen LogP contribution in [0.1, 0.15) is 30.2 Å². The molecule has 0 radical (unpaired) electrons. The molecule has 3 aromatic heterocycles. The summed E-state index contributed by atoms with van der Waals surface area (Å²) < 4.78 is 202. The quantitative estimate of drug-likeness (QED) is 0.193. The van der Waals surface area contributed by atoms with Gasteiger partial charge in [-0.2, -0.15) is 0 Å². The van der Waals surface area contributed by atoms with Gasteiger partial charge < -0.3 is 13.7 Å². The highest BCUT2D eigenvalue weighted by molar-refractivity contribution is 6.13. The molecule has 0 aliphatic carbocycles. The Hall–Kier alpha value is -6.06. The highest BCUT2D eigenvalue weighted by atomic mass is 15.0. The highest BCUT2D eigenvalue weighted by Gasteiger charge is 2.18. The summed E-state index contributed by atoms with van der Waals surface area (Å²) in [5, 5.41) is -2.19. The zero-order chi connectivity index (χ0) is 48.6. The average Bonchev–Trinajstić information content (AvgIpc) is 3.98. The van der Waals surface area contributed by atoms with Gasteiger partial charge in [0.1, 0.15) is 0 Å². The number of benzene rings is 7. The second-order valence-electron chi connectivity index (χ2n) is 10.1. The summed E-state index contributed by atoms with van der Waals surface area (Å²) in [4.78, 5) is 0. The Morgan fingerprint density at radius 1 is 0.311 bits per heavy atom. The maximum Gasteiger partial charge on any atom is 0.0667 e. The molecule has 0 N–H and O–H groups in total. The van der Waals surface area contributed by atoms with Gasteiger partial charge in [0, 0.05) is 49.4 Å². The van der Waals surface area contributed by atoms with Crippen molar-refractivity contribution < 1.29 is 30.2 Å². The summed E-state index contributed by atoms with van der Waals surface area (Å²) in [6, 6.07) is -8.55. The topological polar surface area (TPSA) is 14.8 Å². The van der Waals surface area contributed by atoms with Gasteiger partial charge in [0.15, 0.2) is 0 Å². The van der Waals surface area contributed by atoms with Crippen molar-refractivity contribution >= 4 is 65.4 Å². The molecule has 3 nitrogen and oxygen atoms in total.